The van der Waals surface area contributed by atoms with Crippen molar-refractivity contribution in [3.8, 4) is 17.0 Å². The molecule has 222 valence electrons. The number of benzene rings is 4. The van der Waals surface area contributed by atoms with E-state index in [0.29, 0.717) is 34.4 Å². The Morgan fingerprint density at radius 3 is 2.25 bits per heavy atom. The number of carbonyl (C=O) groups is 2. The molecule has 0 saturated carbocycles. The van der Waals surface area contributed by atoms with Gasteiger partial charge in [-0.05, 0) is 30.3 Å². The van der Waals surface area contributed by atoms with E-state index in [1.165, 1.54) is 7.11 Å². The highest BCUT2D eigenvalue weighted by molar-refractivity contribution is 6.10. The Kier molecular flexibility index (Phi) is 8.38. The van der Waals surface area contributed by atoms with Crippen LogP contribution < -0.4 is 15.3 Å². The van der Waals surface area contributed by atoms with Gasteiger partial charge in [0.25, 0.3) is 5.91 Å². The minimum absolute atomic E-state index is 0.242. The fourth-order valence-electron chi connectivity index (χ4n) is 5.62. The molecule has 1 fully saturated rings. The van der Waals surface area contributed by atoms with E-state index in [4.69, 9.17) is 9.72 Å². The molecule has 9 nitrogen and oxygen atoms in total. The molecule has 9 heteroatoms. The van der Waals surface area contributed by atoms with E-state index in [1.807, 2.05) is 72.8 Å². The van der Waals surface area contributed by atoms with Crippen molar-refractivity contribution in [3.63, 3.8) is 0 Å². The average Bonchev–Trinajstić information content (AvgIpc) is 3.07. The number of pyridine rings is 1. The molecule has 4 aromatic carbocycles. The van der Waals surface area contributed by atoms with E-state index in [9.17, 15) is 14.7 Å². The summed E-state index contributed by atoms with van der Waals surface area (Å²) in [6.45, 7) is 3.49. The number of para-hydroxylation sites is 2. The van der Waals surface area contributed by atoms with Crippen molar-refractivity contribution in [1.82, 2.24) is 15.3 Å². The molecule has 6 rings (SSSR count). The number of ether oxygens (including phenoxy) is 1. The van der Waals surface area contributed by atoms with Gasteiger partial charge in [-0.25, -0.2) is 9.78 Å². The zero-order chi connectivity index (χ0) is 30.5. The van der Waals surface area contributed by atoms with Gasteiger partial charge in [-0.1, -0.05) is 72.8 Å². The number of methoxy groups -OCH3 is 1. The molecule has 2 heterocycles. The molecule has 2 N–H and O–H groups in total. The summed E-state index contributed by atoms with van der Waals surface area (Å²) in [7, 11) is 1.28. The summed E-state index contributed by atoms with van der Waals surface area (Å²) < 4.78 is 5.02. The Labute approximate surface area is 255 Å². The summed E-state index contributed by atoms with van der Waals surface area (Å²) in [4.78, 5) is 36.8. The SMILES string of the molecule is COC(=O)N(NC(=O)c1c(CN2CCN(c3cccc(O)c3)CC2)c(-c2ccccc2)nc2ccccc12)c1ccccc1. The number of anilines is 2. The van der Waals surface area contributed by atoms with Crippen molar-refractivity contribution in [2.75, 3.05) is 43.2 Å². The molecule has 0 unspecified atom stereocenters. The highest BCUT2D eigenvalue weighted by atomic mass is 16.5. The number of hydrazine groups is 1. The molecule has 5 aromatic rings. The number of aromatic nitrogens is 1. The first-order chi connectivity index (χ1) is 21.5. The zero-order valence-electron chi connectivity index (χ0n) is 24.4. The number of amides is 2. The average molecular weight is 588 g/mol. The van der Waals surface area contributed by atoms with E-state index >= 15 is 0 Å². The maximum atomic E-state index is 14.3. The number of rotatable bonds is 6. The Bertz CT molecular complexity index is 1770. The molecule has 1 saturated heterocycles. The second-order valence-corrected chi connectivity index (χ2v) is 10.6. The van der Waals surface area contributed by atoms with Crippen LogP contribution in [0.5, 0.6) is 5.75 Å². The normalized spacial score (nSPS) is 13.4. The van der Waals surface area contributed by atoms with Gasteiger partial charge in [-0.15, -0.1) is 0 Å². The fourth-order valence-corrected chi connectivity index (χ4v) is 5.62. The third kappa shape index (κ3) is 6.04. The number of piperazine rings is 1. The van der Waals surface area contributed by atoms with E-state index in [-0.39, 0.29) is 5.75 Å². The molecular weight excluding hydrogens is 554 g/mol. The van der Waals surface area contributed by atoms with Crippen molar-refractivity contribution < 1.29 is 19.4 Å². The Morgan fingerprint density at radius 2 is 1.55 bits per heavy atom. The first-order valence-corrected chi connectivity index (χ1v) is 14.5. The molecule has 0 radical (unpaired) electrons. The van der Waals surface area contributed by atoms with Crippen LogP contribution in [0.25, 0.3) is 22.2 Å². The highest BCUT2D eigenvalue weighted by Gasteiger charge is 2.28. The highest BCUT2D eigenvalue weighted by Crippen LogP contribution is 2.32. The Hall–Kier alpha value is -5.41. The number of phenolic OH excluding ortho intramolecular Hbond substituents is 1. The number of carbonyl (C=O) groups excluding carboxylic acids is 2. The standard InChI is InChI=1S/C35H33N5O4/c1-44-35(43)40(26-13-6-3-7-14-26)37-34(42)32-29-17-8-9-18-31(29)36-33(25-11-4-2-5-12-25)30(32)24-38-19-21-39(22-20-38)27-15-10-16-28(41)23-27/h2-18,23,41H,19-22,24H2,1H3,(H,37,42). The Balaban J connectivity index is 1.40. The van der Waals surface area contributed by atoms with Gasteiger partial charge >= 0.3 is 6.09 Å². The summed E-state index contributed by atoms with van der Waals surface area (Å²) in [6.07, 6.45) is -0.712. The van der Waals surface area contributed by atoms with Gasteiger partial charge in [0.1, 0.15) is 5.75 Å². The van der Waals surface area contributed by atoms with E-state index in [2.05, 4.69) is 15.2 Å². The number of hydrogen-bond donors (Lipinski definition) is 2. The van der Waals surface area contributed by atoms with Gasteiger partial charge < -0.3 is 14.7 Å². The molecule has 1 aliphatic heterocycles. The van der Waals surface area contributed by atoms with Crippen LogP contribution in [0.4, 0.5) is 16.2 Å². The van der Waals surface area contributed by atoms with Crippen LogP contribution in [0.15, 0.2) is 109 Å². The predicted octanol–water partition coefficient (Wildman–Crippen LogP) is 5.85. The minimum atomic E-state index is -0.712. The van der Waals surface area contributed by atoms with Crippen LogP contribution in [0, 0.1) is 0 Å². The van der Waals surface area contributed by atoms with Crippen LogP contribution in [-0.4, -0.2) is 60.3 Å². The lowest BCUT2D eigenvalue weighted by Crippen LogP contribution is -2.48. The summed E-state index contributed by atoms with van der Waals surface area (Å²) in [5.41, 5.74) is 7.79. The van der Waals surface area contributed by atoms with Gasteiger partial charge in [-0.2, -0.15) is 5.01 Å². The summed E-state index contributed by atoms with van der Waals surface area (Å²) in [6, 6.07) is 33.6. The van der Waals surface area contributed by atoms with Crippen LogP contribution in [0.3, 0.4) is 0 Å². The molecule has 0 atom stereocenters. The number of fused-ring (bicyclic) bond motifs is 1. The second kappa shape index (κ2) is 12.8. The summed E-state index contributed by atoms with van der Waals surface area (Å²) >= 11 is 0. The lowest BCUT2D eigenvalue weighted by Gasteiger charge is -2.36. The molecule has 1 aromatic heterocycles. The van der Waals surface area contributed by atoms with E-state index in [1.54, 1.807) is 36.4 Å². The van der Waals surface area contributed by atoms with Gasteiger partial charge in [0.15, 0.2) is 0 Å². The van der Waals surface area contributed by atoms with E-state index < -0.39 is 12.0 Å². The summed E-state index contributed by atoms with van der Waals surface area (Å²) in [5, 5.41) is 11.8. The first kappa shape index (κ1) is 28.7. The first-order valence-electron chi connectivity index (χ1n) is 14.5. The smallest absolute Gasteiger partial charge is 0.433 e. The fraction of sp³-hybridized carbons (Fsp3) is 0.171. The third-order valence-corrected chi connectivity index (χ3v) is 7.80. The lowest BCUT2D eigenvalue weighted by atomic mass is 9.95. The van der Waals surface area contributed by atoms with Crippen molar-refractivity contribution in [1.29, 1.82) is 0 Å². The predicted molar refractivity (Wildman–Crippen MR) is 172 cm³/mol. The topological polar surface area (TPSA) is 98.2 Å². The quantitative estimate of drug-likeness (QED) is 0.241. The maximum absolute atomic E-state index is 14.3. The molecular formula is C35H33N5O4. The largest absolute Gasteiger partial charge is 0.508 e. The second-order valence-electron chi connectivity index (χ2n) is 10.6. The van der Waals surface area contributed by atoms with Gasteiger partial charge in [0, 0.05) is 61.0 Å². The van der Waals surface area contributed by atoms with Crippen molar-refractivity contribution in [2.45, 2.75) is 6.54 Å². The third-order valence-electron chi connectivity index (χ3n) is 7.80. The monoisotopic (exact) mass is 587 g/mol. The van der Waals surface area contributed by atoms with Crippen LogP contribution in [0.2, 0.25) is 0 Å². The van der Waals surface area contributed by atoms with Crippen LogP contribution in [-0.2, 0) is 11.3 Å². The minimum Gasteiger partial charge on any atom is -0.508 e. The van der Waals surface area contributed by atoms with Crippen LogP contribution in [0.1, 0.15) is 15.9 Å². The molecule has 0 aliphatic carbocycles. The van der Waals surface area contributed by atoms with E-state index in [0.717, 1.165) is 48.0 Å². The van der Waals surface area contributed by atoms with Gasteiger partial charge in [0.05, 0.1) is 29.6 Å². The van der Waals surface area contributed by atoms with Crippen molar-refractivity contribution >= 4 is 34.3 Å². The molecule has 44 heavy (non-hydrogen) atoms. The van der Waals surface area contributed by atoms with Gasteiger partial charge in [-0.3, -0.25) is 15.1 Å². The molecule has 0 spiro atoms. The summed E-state index contributed by atoms with van der Waals surface area (Å²) in [5.74, 6) is -0.199. The number of aromatic hydroxyl groups is 1. The number of nitrogens with zero attached hydrogens (tertiary/aromatic N) is 4. The molecule has 2 amide bonds. The zero-order valence-corrected chi connectivity index (χ0v) is 24.4. The molecule has 0 bridgehead atoms. The van der Waals surface area contributed by atoms with Crippen molar-refractivity contribution in [3.05, 3.63) is 120 Å². The van der Waals surface area contributed by atoms with Crippen LogP contribution >= 0.6 is 0 Å². The number of hydrogen-bond acceptors (Lipinski definition) is 7. The molecule has 1 aliphatic rings. The number of nitrogens with one attached hydrogen (secondary N) is 1. The number of phenols is 1. The van der Waals surface area contributed by atoms with Gasteiger partial charge in [0.2, 0.25) is 0 Å². The van der Waals surface area contributed by atoms with Crippen molar-refractivity contribution in [2.24, 2.45) is 0 Å². The maximum Gasteiger partial charge on any atom is 0.433 e. The Morgan fingerprint density at radius 1 is 0.864 bits per heavy atom. The lowest BCUT2D eigenvalue weighted by molar-refractivity contribution is 0.0940.